The van der Waals surface area contributed by atoms with E-state index in [1.807, 2.05) is 11.8 Å². The minimum absolute atomic E-state index is 0.0246. The summed E-state index contributed by atoms with van der Waals surface area (Å²) in [5.74, 6) is -0.396. The molecule has 0 amide bonds. The van der Waals surface area contributed by atoms with E-state index in [9.17, 15) is 4.79 Å². The fourth-order valence-corrected chi connectivity index (χ4v) is 3.02. The molecule has 5 nitrogen and oxygen atoms in total. The first-order chi connectivity index (χ1) is 8.20. The van der Waals surface area contributed by atoms with Crippen molar-refractivity contribution in [3.8, 4) is 0 Å². The van der Waals surface area contributed by atoms with E-state index in [1.165, 1.54) is 18.9 Å². The van der Waals surface area contributed by atoms with Gasteiger partial charge in [-0.1, -0.05) is 6.42 Å². The number of nitrogens with zero attached hydrogens (tertiary/aromatic N) is 2. The van der Waals surface area contributed by atoms with Crippen LogP contribution in [-0.2, 0) is 0 Å². The molecule has 0 aliphatic heterocycles. The maximum absolute atomic E-state index is 10.6. The summed E-state index contributed by atoms with van der Waals surface area (Å²) in [5.41, 5.74) is -0.0246. The summed E-state index contributed by atoms with van der Waals surface area (Å²) in [4.78, 5) is 10.6. The van der Waals surface area contributed by atoms with Crippen LogP contribution in [0.2, 0.25) is 0 Å². The van der Waals surface area contributed by atoms with Crippen LogP contribution in [0.1, 0.15) is 29.8 Å². The van der Waals surface area contributed by atoms with Crippen molar-refractivity contribution in [2.45, 2.75) is 30.6 Å². The highest BCUT2D eigenvalue weighted by atomic mass is 32.2. The minimum atomic E-state index is -1.05. The lowest BCUT2D eigenvalue weighted by Crippen LogP contribution is -2.26. The van der Waals surface area contributed by atoms with Crippen molar-refractivity contribution in [1.29, 1.82) is 0 Å². The van der Waals surface area contributed by atoms with Gasteiger partial charge in [-0.05, 0) is 31.2 Å². The van der Waals surface area contributed by atoms with Gasteiger partial charge in [0.1, 0.15) is 5.82 Å². The lowest BCUT2D eigenvalue weighted by molar-refractivity contribution is 0.0689. The number of thioether (sulfide) groups is 1. The number of hydrogen-bond donors (Lipinski definition) is 2. The van der Waals surface area contributed by atoms with Crippen molar-refractivity contribution >= 4 is 23.5 Å². The molecule has 1 aromatic heterocycles. The molecule has 2 unspecified atom stereocenters. The molecule has 2 N–H and O–H groups in total. The van der Waals surface area contributed by atoms with Crippen LogP contribution in [0.15, 0.2) is 12.1 Å². The second kappa shape index (κ2) is 5.35. The molecule has 1 saturated carbocycles. The zero-order valence-electron chi connectivity index (χ0n) is 9.59. The van der Waals surface area contributed by atoms with E-state index in [4.69, 9.17) is 5.11 Å². The number of aromatic carboxylic acids is 1. The molecule has 2 atom stereocenters. The Morgan fingerprint density at radius 3 is 2.88 bits per heavy atom. The van der Waals surface area contributed by atoms with Gasteiger partial charge < -0.3 is 10.4 Å². The third-order valence-electron chi connectivity index (χ3n) is 2.97. The highest BCUT2D eigenvalue weighted by Gasteiger charge is 2.26. The van der Waals surface area contributed by atoms with Gasteiger partial charge in [0.25, 0.3) is 0 Å². The summed E-state index contributed by atoms with van der Waals surface area (Å²) in [7, 11) is 0. The highest BCUT2D eigenvalue weighted by molar-refractivity contribution is 7.99. The number of nitrogens with one attached hydrogen (secondary N) is 1. The maximum atomic E-state index is 10.6. The van der Waals surface area contributed by atoms with Gasteiger partial charge in [-0.25, -0.2) is 4.79 Å². The Morgan fingerprint density at radius 2 is 2.29 bits per heavy atom. The van der Waals surface area contributed by atoms with Crippen molar-refractivity contribution in [3.05, 3.63) is 17.8 Å². The van der Waals surface area contributed by atoms with Gasteiger partial charge in [-0.3, -0.25) is 0 Å². The van der Waals surface area contributed by atoms with E-state index in [-0.39, 0.29) is 5.69 Å². The first-order valence-corrected chi connectivity index (χ1v) is 6.86. The third-order valence-corrected chi connectivity index (χ3v) is 4.14. The molecular formula is C11H15N3O2S. The maximum Gasteiger partial charge on any atom is 0.356 e. The largest absolute Gasteiger partial charge is 0.476 e. The Kier molecular flexibility index (Phi) is 3.83. The van der Waals surface area contributed by atoms with Gasteiger partial charge in [0, 0.05) is 11.3 Å². The summed E-state index contributed by atoms with van der Waals surface area (Å²) in [6.07, 6.45) is 5.70. The zero-order valence-corrected chi connectivity index (χ0v) is 10.4. The average molecular weight is 253 g/mol. The molecule has 0 saturated heterocycles. The van der Waals surface area contributed by atoms with Crippen LogP contribution in [0.3, 0.4) is 0 Å². The van der Waals surface area contributed by atoms with Gasteiger partial charge in [0.15, 0.2) is 5.69 Å². The summed E-state index contributed by atoms with van der Waals surface area (Å²) in [5, 5.41) is 20.2. The quantitative estimate of drug-likeness (QED) is 0.853. The number of hydrogen-bond acceptors (Lipinski definition) is 5. The smallest absolute Gasteiger partial charge is 0.356 e. The lowest BCUT2D eigenvalue weighted by atomic mass is 10.2. The number of carbonyl (C=O) groups is 1. The molecule has 0 radical (unpaired) electrons. The van der Waals surface area contributed by atoms with Crippen LogP contribution in [0.25, 0.3) is 0 Å². The molecule has 0 aromatic carbocycles. The van der Waals surface area contributed by atoms with E-state index >= 15 is 0 Å². The van der Waals surface area contributed by atoms with Crippen molar-refractivity contribution in [2.75, 3.05) is 11.6 Å². The molecule has 17 heavy (non-hydrogen) atoms. The van der Waals surface area contributed by atoms with Gasteiger partial charge in [-0.2, -0.15) is 11.8 Å². The van der Waals surface area contributed by atoms with E-state index < -0.39 is 5.97 Å². The average Bonchev–Trinajstić information content (AvgIpc) is 2.77. The predicted octanol–water partition coefficient (Wildman–Crippen LogP) is 1.87. The van der Waals surface area contributed by atoms with Crippen molar-refractivity contribution in [1.82, 2.24) is 10.2 Å². The number of aromatic nitrogens is 2. The molecule has 0 spiro atoms. The van der Waals surface area contributed by atoms with Crippen LogP contribution < -0.4 is 5.32 Å². The number of anilines is 1. The molecule has 0 bridgehead atoms. The SMILES string of the molecule is CSC1CCCC1Nc1ccc(C(=O)O)nn1. The fraction of sp³-hybridized carbons (Fsp3) is 0.545. The Morgan fingerprint density at radius 1 is 1.47 bits per heavy atom. The molecule has 1 fully saturated rings. The van der Waals surface area contributed by atoms with E-state index in [1.54, 1.807) is 6.07 Å². The molecule has 6 heteroatoms. The lowest BCUT2D eigenvalue weighted by Gasteiger charge is -2.19. The van der Waals surface area contributed by atoms with Crippen molar-refractivity contribution < 1.29 is 9.90 Å². The standard InChI is InChI=1S/C11H15N3O2S/c1-17-9-4-2-3-7(9)12-10-6-5-8(11(15)16)13-14-10/h5-7,9H,2-4H2,1H3,(H,12,14)(H,15,16). The van der Waals surface area contributed by atoms with Crippen LogP contribution in [0.5, 0.6) is 0 Å². The molecule has 1 aliphatic rings. The minimum Gasteiger partial charge on any atom is -0.476 e. The molecule has 92 valence electrons. The molecule has 1 aromatic rings. The number of carboxylic acids is 1. The van der Waals surface area contributed by atoms with Crippen molar-refractivity contribution in [2.24, 2.45) is 0 Å². The second-order valence-electron chi connectivity index (χ2n) is 4.06. The molecule has 1 aliphatic carbocycles. The Hall–Kier alpha value is -1.30. The summed E-state index contributed by atoms with van der Waals surface area (Å²) in [6, 6.07) is 3.56. The fourth-order valence-electron chi connectivity index (χ4n) is 2.09. The number of carboxylic acid groups (broad SMARTS) is 1. The van der Waals surface area contributed by atoms with E-state index in [2.05, 4.69) is 21.8 Å². The zero-order chi connectivity index (χ0) is 12.3. The topological polar surface area (TPSA) is 75.1 Å². The molecular weight excluding hydrogens is 238 g/mol. The van der Waals surface area contributed by atoms with Crippen LogP contribution >= 0.6 is 11.8 Å². The number of rotatable bonds is 4. The Balaban J connectivity index is 2.01. The molecule has 2 rings (SSSR count). The first kappa shape index (κ1) is 12.2. The highest BCUT2D eigenvalue weighted by Crippen LogP contribution is 2.30. The Bertz CT molecular complexity index is 396. The van der Waals surface area contributed by atoms with Crippen LogP contribution in [0.4, 0.5) is 5.82 Å². The predicted molar refractivity (Wildman–Crippen MR) is 67.6 cm³/mol. The summed E-state index contributed by atoms with van der Waals surface area (Å²) >= 11 is 1.86. The van der Waals surface area contributed by atoms with E-state index in [0.717, 1.165) is 6.42 Å². The van der Waals surface area contributed by atoms with Crippen LogP contribution in [-0.4, -0.2) is 38.8 Å². The summed E-state index contributed by atoms with van der Waals surface area (Å²) < 4.78 is 0. The van der Waals surface area contributed by atoms with Gasteiger partial charge >= 0.3 is 5.97 Å². The van der Waals surface area contributed by atoms with Crippen LogP contribution in [0, 0.1) is 0 Å². The van der Waals surface area contributed by atoms with Gasteiger partial charge in [0.2, 0.25) is 0 Å². The second-order valence-corrected chi connectivity index (χ2v) is 5.14. The third kappa shape index (κ3) is 2.88. The monoisotopic (exact) mass is 253 g/mol. The van der Waals surface area contributed by atoms with Crippen molar-refractivity contribution in [3.63, 3.8) is 0 Å². The van der Waals surface area contributed by atoms with Gasteiger partial charge in [0.05, 0.1) is 0 Å². The Labute approximate surface area is 104 Å². The first-order valence-electron chi connectivity index (χ1n) is 5.57. The van der Waals surface area contributed by atoms with Gasteiger partial charge in [-0.15, -0.1) is 10.2 Å². The summed E-state index contributed by atoms with van der Waals surface area (Å²) in [6.45, 7) is 0. The normalized spacial score (nSPS) is 23.6. The molecule has 1 heterocycles. The van der Waals surface area contributed by atoms with E-state index in [0.29, 0.717) is 17.1 Å².